The van der Waals surface area contributed by atoms with Gasteiger partial charge < -0.3 is 9.47 Å². The molecule has 0 unspecified atom stereocenters. The Labute approximate surface area is 111 Å². The standard InChI is InChI=1S/C14H16N2O3/c1-11-8-15-16(9-11)5-6-19-13-4-3-12(10-17)7-14(13)18-2/h3-4,7-10H,5-6H2,1-2H3. The molecule has 0 amide bonds. The molecule has 1 heterocycles. The van der Waals surface area contributed by atoms with E-state index < -0.39 is 0 Å². The van der Waals surface area contributed by atoms with Crippen molar-refractivity contribution in [2.75, 3.05) is 13.7 Å². The van der Waals surface area contributed by atoms with Crippen LogP contribution in [-0.2, 0) is 6.54 Å². The molecule has 100 valence electrons. The van der Waals surface area contributed by atoms with E-state index in [1.54, 1.807) is 31.5 Å². The van der Waals surface area contributed by atoms with Gasteiger partial charge in [-0.2, -0.15) is 5.10 Å². The van der Waals surface area contributed by atoms with E-state index in [-0.39, 0.29) is 0 Å². The van der Waals surface area contributed by atoms with E-state index in [0.717, 1.165) is 11.8 Å². The topological polar surface area (TPSA) is 53.4 Å². The number of carbonyl (C=O) groups is 1. The zero-order chi connectivity index (χ0) is 13.7. The second-order valence-corrected chi connectivity index (χ2v) is 4.16. The Kier molecular flexibility index (Phi) is 4.18. The summed E-state index contributed by atoms with van der Waals surface area (Å²) in [5.74, 6) is 1.18. The molecule has 5 nitrogen and oxygen atoms in total. The monoisotopic (exact) mass is 260 g/mol. The van der Waals surface area contributed by atoms with Crippen LogP contribution in [0, 0.1) is 6.92 Å². The summed E-state index contributed by atoms with van der Waals surface area (Å²) in [6.45, 7) is 3.13. The summed E-state index contributed by atoms with van der Waals surface area (Å²) >= 11 is 0. The van der Waals surface area contributed by atoms with Crippen LogP contribution in [0.3, 0.4) is 0 Å². The van der Waals surface area contributed by atoms with Gasteiger partial charge in [-0.25, -0.2) is 0 Å². The highest BCUT2D eigenvalue weighted by Crippen LogP contribution is 2.27. The van der Waals surface area contributed by atoms with Crippen LogP contribution in [0.4, 0.5) is 0 Å². The minimum atomic E-state index is 0.484. The fraction of sp³-hybridized carbons (Fsp3) is 0.286. The van der Waals surface area contributed by atoms with Crippen molar-refractivity contribution in [1.82, 2.24) is 9.78 Å². The molecule has 5 heteroatoms. The Morgan fingerprint density at radius 2 is 2.21 bits per heavy atom. The Morgan fingerprint density at radius 3 is 2.84 bits per heavy atom. The number of rotatable bonds is 6. The van der Waals surface area contributed by atoms with E-state index in [0.29, 0.717) is 30.2 Å². The van der Waals surface area contributed by atoms with E-state index in [9.17, 15) is 4.79 Å². The molecule has 0 spiro atoms. The first-order valence-corrected chi connectivity index (χ1v) is 5.98. The number of aldehydes is 1. The molecule has 19 heavy (non-hydrogen) atoms. The normalized spacial score (nSPS) is 10.2. The van der Waals surface area contributed by atoms with Crippen molar-refractivity contribution in [3.63, 3.8) is 0 Å². The number of hydrogen-bond acceptors (Lipinski definition) is 4. The fourth-order valence-corrected chi connectivity index (χ4v) is 1.72. The van der Waals surface area contributed by atoms with E-state index in [1.807, 2.05) is 17.8 Å². The van der Waals surface area contributed by atoms with Crippen molar-refractivity contribution < 1.29 is 14.3 Å². The number of benzene rings is 1. The maximum absolute atomic E-state index is 10.7. The van der Waals surface area contributed by atoms with Crippen LogP contribution in [-0.4, -0.2) is 29.8 Å². The Bertz CT molecular complexity index is 564. The lowest BCUT2D eigenvalue weighted by Gasteiger charge is -2.11. The Morgan fingerprint density at radius 1 is 1.37 bits per heavy atom. The summed E-state index contributed by atoms with van der Waals surface area (Å²) in [4.78, 5) is 10.7. The Balaban J connectivity index is 1.97. The number of aromatic nitrogens is 2. The van der Waals surface area contributed by atoms with Gasteiger partial charge in [0.15, 0.2) is 11.5 Å². The van der Waals surface area contributed by atoms with Gasteiger partial charge in [-0.3, -0.25) is 9.48 Å². The molecule has 0 aliphatic rings. The summed E-state index contributed by atoms with van der Waals surface area (Å²) in [5.41, 5.74) is 1.68. The second kappa shape index (κ2) is 6.04. The number of methoxy groups -OCH3 is 1. The number of hydrogen-bond donors (Lipinski definition) is 0. The number of aryl methyl sites for hydroxylation is 1. The van der Waals surface area contributed by atoms with Gasteiger partial charge in [-0.15, -0.1) is 0 Å². The highest BCUT2D eigenvalue weighted by atomic mass is 16.5. The van der Waals surface area contributed by atoms with Gasteiger partial charge >= 0.3 is 0 Å². The fourth-order valence-electron chi connectivity index (χ4n) is 1.72. The molecule has 0 bridgehead atoms. The van der Waals surface area contributed by atoms with E-state index in [4.69, 9.17) is 9.47 Å². The SMILES string of the molecule is COc1cc(C=O)ccc1OCCn1cc(C)cn1. The maximum Gasteiger partial charge on any atom is 0.161 e. The van der Waals surface area contributed by atoms with Crippen molar-refractivity contribution >= 4 is 6.29 Å². The smallest absolute Gasteiger partial charge is 0.161 e. The van der Waals surface area contributed by atoms with Gasteiger partial charge in [0.25, 0.3) is 0 Å². The molecule has 0 radical (unpaired) electrons. The Hall–Kier alpha value is -2.30. The lowest BCUT2D eigenvalue weighted by atomic mass is 10.2. The minimum Gasteiger partial charge on any atom is -0.493 e. The van der Waals surface area contributed by atoms with E-state index in [2.05, 4.69) is 5.10 Å². The van der Waals surface area contributed by atoms with Crippen LogP contribution in [0.15, 0.2) is 30.6 Å². The van der Waals surface area contributed by atoms with Crippen LogP contribution in [0.2, 0.25) is 0 Å². The molecular formula is C14H16N2O3. The first-order chi connectivity index (χ1) is 9.22. The van der Waals surface area contributed by atoms with Gasteiger partial charge in [0.1, 0.15) is 12.9 Å². The molecule has 2 aromatic rings. The lowest BCUT2D eigenvalue weighted by molar-refractivity contribution is 0.112. The zero-order valence-corrected chi connectivity index (χ0v) is 11.0. The van der Waals surface area contributed by atoms with Crippen LogP contribution in [0.1, 0.15) is 15.9 Å². The number of ether oxygens (including phenoxy) is 2. The van der Waals surface area contributed by atoms with Gasteiger partial charge in [0.05, 0.1) is 19.9 Å². The lowest BCUT2D eigenvalue weighted by Crippen LogP contribution is -2.09. The molecule has 0 saturated heterocycles. The van der Waals surface area contributed by atoms with Crippen molar-refractivity contribution in [1.29, 1.82) is 0 Å². The zero-order valence-electron chi connectivity index (χ0n) is 11.0. The van der Waals surface area contributed by atoms with Crippen LogP contribution >= 0.6 is 0 Å². The summed E-state index contributed by atoms with van der Waals surface area (Å²) in [7, 11) is 1.55. The number of nitrogens with zero attached hydrogens (tertiary/aromatic N) is 2. The van der Waals surface area contributed by atoms with Gasteiger partial charge in [-0.1, -0.05) is 0 Å². The van der Waals surface area contributed by atoms with Gasteiger partial charge in [0.2, 0.25) is 0 Å². The molecular weight excluding hydrogens is 244 g/mol. The number of carbonyl (C=O) groups excluding carboxylic acids is 1. The third-order valence-corrected chi connectivity index (χ3v) is 2.66. The molecule has 0 atom stereocenters. The quantitative estimate of drug-likeness (QED) is 0.746. The molecule has 2 rings (SSSR count). The average Bonchev–Trinajstić information content (AvgIpc) is 2.84. The predicted molar refractivity (Wildman–Crippen MR) is 70.8 cm³/mol. The minimum absolute atomic E-state index is 0.484. The predicted octanol–water partition coefficient (Wildman–Crippen LogP) is 2.09. The van der Waals surface area contributed by atoms with E-state index in [1.165, 1.54) is 0 Å². The van der Waals surface area contributed by atoms with Crippen LogP contribution in [0.5, 0.6) is 11.5 Å². The third kappa shape index (κ3) is 3.34. The van der Waals surface area contributed by atoms with Crippen molar-refractivity contribution in [2.45, 2.75) is 13.5 Å². The average molecular weight is 260 g/mol. The van der Waals surface area contributed by atoms with Crippen LogP contribution in [0.25, 0.3) is 0 Å². The summed E-state index contributed by atoms with van der Waals surface area (Å²) < 4.78 is 12.6. The summed E-state index contributed by atoms with van der Waals surface area (Å²) in [5, 5.41) is 4.18. The first-order valence-electron chi connectivity index (χ1n) is 5.98. The second-order valence-electron chi connectivity index (χ2n) is 4.16. The molecule has 1 aromatic heterocycles. The van der Waals surface area contributed by atoms with Crippen molar-refractivity contribution in [2.24, 2.45) is 0 Å². The largest absolute Gasteiger partial charge is 0.493 e. The molecule has 1 aromatic carbocycles. The highest BCUT2D eigenvalue weighted by molar-refractivity contribution is 5.76. The molecule has 0 aliphatic carbocycles. The first kappa shape index (κ1) is 13.1. The molecule has 0 N–H and O–H groups in total. The van der Waals surface area contributed by atoms with Crippen LogP contribution < -0.4 is 9.47 Å². The van der Waals surface area contributed by atoms with Crippen molar-refractivity contribution in [3.8, 4) is 11.5 Å². The molecule has 0 saturated carbocycles. The van der Waals surface area contributed by atoms with Crippen molar-refractivity contribution in [3.05, 3.63) is 41.7 Å². The molecule has 0 fully saturated rings. The molecule has 0 aliphatic heterocycles. The van der Waals surface area contributed by atoms with E-state index >= 15 is 0 Å². The third-order valence-electron chi connectivity index (χ3n) is 2.66. The summed E-state index contributed by atoms with van der Waals surface area (Å²) in [6.07, 6.45) is 4.54. The maximum atomic E-state index is 10.7. The summed E-state index contributed by atoms with van der Waals surface area (Å²) in [6, 6.07) is 5.08. The van der Waals surface area contributed by atoms with Gasteiger partial charge in [0, 0.05) is 11.8 Å². The highest BCUT2D eigenvalue weighted by Gasteiger charge is 2.05. The van der Waals surface area contributed by atoms with Gasteiger partial charge in [-0.05, 0) is 30.7 Å².